The van der Waals surface area contributed by atoms with E-state index in [2.05, 4.69) is 45.1 Å². The van der Waals surface area contributed by atoms with Gasteiger partial charge in [-0.3, -0.25) is 0 Å². The van der Waals surface area contributed by atoms with Crippen LogP contribution in [0.3, 0.4) is 0 Å². The molecule has 1 aromatic carbocycles. The van der Waals surface area contributed by atoms with Gasteiger partial charge in [-0.2, -0.15) is 0 Å². The number of thioether (sulfide) groups is 1. The molecule has 1 atom stereocenters. The standard InChI is InChI=1S/C16H26ClNS/c1-5-18-14(10-11-16(2,3)4)12-19-15-8-6-13(17)7-9-15/h6-9,14,18H,5,10-12H2,1-4H3. The van der Waals surface area contributed by atoms with Crippen molar-refractivity contribution in [2.75, 3.05) is 12.3 Å². The van der Waals surface area contributed by atoms with Crippen molar-refractivity contribution in [1.29, 1.82) is 0 Å². The predicted octanol–water partition coefficient (Wildman–Crippen LogP) is 5.24. The Balaban J connectivity index is 2.42. The summed E-state index contributed by atoms with van der Waals surface area (Å²) in [6, 6.07) is 8.70. The summed E-state index contributed by atoms with van der Waals surface area (Å²) in [7, 11) is 0. The van der Waals surface area contributed by atoms with E-state index in [1.165, 1.54) is 17.7 Å². The minimum Gasteiger partial charge on any atom is -0.313 e. The molecular weight excluding hydrogens is 274 g/mol. The number of halogens is 1. The molecule has 0 heterocycles. The zero-order valence-electron chi connectivity index (χ0n) is 12.5. The SMILES string of the molecule is CCNC(CCC(C)(C)C)CSc1ccc(Cl)cc1. The van der Waals surface area contributed by atoms with Gasteiger partial charge in [0.1, 0.15) is 0 Å². The molecule has 3 heteroatoms. The number of hydrogen-bond donors (Lipinski definition) is 1. The molecule has 1 nitrogen and oxygen atoms in total. The Hall–Kier alpha value is -0.180. The fourth-order valence-electron chi connectivity index (χ4n) is 1.87. The quantitative estimate of drug-likeness (QED) is 0.691. The molecular formula is C16H26ClNS. The zero-order chi connectivity index (χ0) is 14.3. The van der Waals surface area contributed by atoms with Gasteiger partial charge in [-0.1, -0.05) is 39.3 Å². The Morgan fingerprint density at radius 1 is 1.21 bits per heavy atom. The summed E-state index contributed by atoms with van der Waals surface area (Å²) in [6.07, 6.45) is 2.49. The van der Waals surface area contributed by atoms with Crippen molar-refractivity contribution in [3.8, 4) is 0 Å². The van der Waals surface area contributed by atoms with Gasteiger partial charge in [-0.15, -0.1) is 11.8 Å². The molecule has 1 aromatic rings. The van der Waals surface area contributed by atoms with Crippen LogP contribution in [0.4, 0.5) is 0 Å². The number of benzene rings is 1. The molecule has 1 unspecified atom stereocenters. The van der Waals surface area contributed by atoms with Crippen LogP contribution in [0, 0.1) is 5.41 Å². The third kappa shape index (κ3) is 7.86. The van der Waals surface area contributed by atoms with Crippen molar-refractivity contribution in [2.45, 2.75) is 51.5 Å². The molecule has 0 aliphatic rings. The maximum absolute atomic E-state index is 5.90. The van der Waals surface area contributed by atoms with Gasteiger partial charge in [0.15, 0.2) is 0 Å². The van der Waals surface area contributed by atoms with Crippen molar-refractivity contribution in [1.82, 2.24) is 5.32 Å². The third-order valence-electron chi connectivity index (χ3n) is 3.00. The first-order valence-electron chi connectivity index (χ1n) is 7.02. The summed E-state index contributed by atoms with van der Waals surface area (Å²) in [6.45, 7) is 10.1. The Labute approximate surface area is 127 Å². The monoisotopic (exact) mass is 299 g/mol. The van der Waals surface area contributed by atoms with E-state index in [1.807, 2.05) is 23.9 Å². The van der Waals surface area contributed by atoms with Gasteiger partial charge in [-0.25, -0.2) is 0 Å². The summed E-state index contributed by atoms with van der Waals surface area (Å²) in [4.78, 5) is 1.29. The first-order valence-corrected chi connectivity index (χ1v) is 8.39. The van der Waals surface area contributed by atoms with Gasteiger partial charge in [0.2, 0.25) is 0 Å². The van der Waals surface area contributed by atoms with Gasteiger partial charge in [0.25, 0.3) is 0 Å². The van der Waals surface area contributed by atoms with Crippen molar-refractivity contribution >= 4 is 23.4 Å². The average Bonchev–Trinajstić information content (AvgIpc) is 2.34. The van der Waals surface area contributed by atoms with E-state index in [1.54, 1.807) is 0 Å². The second-order valence-corrected chi connectivity index (χ2v) is 7.65. The van der Waals surface area contributed by atoms with Gasteiger partial charge >= 0.3 is 0 Å². The van der Waals surface area contributed by atoms with E-state index in [0.717, 1.165) is 17.3 Å². The molecule has 0 radical (unpaired) electrons. The average molecular weight is 300 g/mol. The highest BCUT2D eigenvalue weighted by atomic mass is 35.5. The highest BCUT2D eigenvalue weighted by Crippen LogP contribution is 2.25. The van der Waals surface area contributed by atoms with Gasteiger partial charge in [-0.05, 0) is 49.1 Å². The fraction of sp³-hybridized carbons (Fsp3) is 0.625. The summed E-state index contributed by atoms with van der Waals surface area (Å²) < 4.78 is 0. The van der Waals surface area contributed by atoms with Crippen LogP contribution in [0.1, 0.15) is 40.5 Å². The lowest BCUT2D eigenvalue weighted by Crippen LogP contribution is -2.32. The lowest BCUT2D eigenvalue weighted by molar-refractivity contribution is 0.340. The Kier molecular flexibility index (Phi) is 7.27. The van der Waals surface area contributed by atoms with Crippen LogP contribution >= 0.6 is 23.4 Å². The van der Waals surface area contributed by atoms with E-state index in [4.69, 9.17) is 11.6 Å². The number of hydrogen-bond acceptors (Lipinski definition) is 2. The highest BCUT2D eigenvalue weighted by Gasteiger charge is 2.15. The minimum absolute atomic E-state index is 0.415. The molecule has 0 aliphatic heterocycles. The largest absolute Gasteiger partial charge is 0.313 e. The first-order chi connectivity index (χ1) is 8.90. The molecule has 1 rings (SSSR count). The van der Waals surface area contributed by atoms with Crippen LogP contribution in [0.2, 0.25) is 5.02 Å². The van der Waals surface area contributed by atoms with Crippen molar-refractivity contribution in [3.05, 3.63) is 29.3 Å². The lowest BCUT2D eigenvalue weighted by atomic mass is 9.89. The van der Waals surface area contributed by atoms with Gasteiger partial charge in [0.05, 0.1) is 0 Å². The molecule has 0 spiro atoms. The van der Waals surface area contributed by atoms with E-state index in [9.17, 15) is 0 Å². The Morgan fingerprint density at radius 2 is 1.84 bits per heavy atom. The fourth-order valence-corrected chi connectivity index (χ4v) is 3.00. The maximum atomic E-state index is 5.90. The Morgan fingerprint density at radius 3 is 2.37 bits per heavy atom. The maximum Gasteiger partial charge on any atom is 0.0406 e. The van der Waals surface area contributed by atoms with Crippen LogP contribution in [-0.2, 0) is 0 Å². The topological polar surface area (TPSA) is 12.0 Å². The smallest absolute Gasteiger partial charge is 0.0406 e. The van der Waals surface area contributed by atoms with E-state index in [0.29, 0.717) is 11.5 Å². The molecule has 1 N–H and O–H groups in total. The molecule has 108 valence electrons. The second kappa shape index (κ2) is 8.18. The molecule has 0 saturated carbocycles. The van der Waals surface area contributed by atoms with Crippen molar-refractivity contribution in [3.63, 3.8) is 0 Å². The minimum atomic E-state index is 0.415. The zero-order valence-corrected chi connectivity index (χ0v) is 14.1. The molecule has 19 heavy (non-hydrogen) atoms. The van der Waals surface area contributed by atoms with E-state index >= 15 is 0 Å². The molecule has 0 aromatic heterocycles. The van der Waals surface area contributed by atoms with Crippen LogP contribution < -0.4 is 5.32 Å². The highest BCUT2D eigenvalue weighted by molar-refractivity contribution is 7.99. The van der Waals surface area contributed by atoms with Gasteiger partial charge < -0.3 is 5.32 Å². The van der Waals surface area contributed by atoms with E-state index in [-0.39, 0.29) is 0 Å². The van der Waals surface area contributed by atoms with E-state index < -0.39 is 0 Å². The molecule has 0 fully saturated rings. The summed E-state index contributed by atoms with van der Waals surface area (Å²) in [5.74, 6) is 1.12. The molecule has 0 bridgehead atoms. The van der Waals surface area contributed by atoms with Crippen molar-refractivity contribution < 1.29 is 0 Å². The van der Waals surface area contributed by atoms with Crippen LogP contribution in [0.15, 0.2) is 29.2 Å². The molecule has 0 amide bonds. The van der Waals surface area contributed by atoms with Gasteiger partial charge in [0, 0.05) is 21.7 Å². The summed E-state index contributed by atoms with van der Waals surface area (Å²) >= 11 is 7.81. The summed E-state index contributed by atoms with van der Waals surface area (Å²) in [5.41, 5.74) is 0.415. The van der Waals surface area contributed by atoms with Crippen LogP contribution in [0.5, 0.6) is 0 Å². The molecule has 0 aliphatic carbocycles. The van der Waals surface area contributed by atoms with Crippen LogP contribution in [0.25, 0.3) is 0 Å². The predicted molar refractivity (Wildman–Crippen MR) is 88.3 cm³/mol. The molecule has 0 saturated heterocycles. The number of nitrogens with one attached hydrogen (secondary N) is 1. The van der Waals surface area contributed by atoms with Crippen LogP contribution in [-0.4, -0.2) is 18.3 Å². The normalized spacial score (nSPS) is 13.5. The second-order valence-electron chi connectivity index (χ2n) is 6.12. The number of rotatable bonds is 7. The third-order valence-corrected chi connectivity index (χ3v) is 4.43. The first kappa shape index (κ1) is 16.9. The lowest BCUT2D eigenvalue weighted by Gasteiger charge is -2.23. The Bertz CT molecular complexity index is 356. The van der Waals surface area contributed by atoms with Crippen molar-refractivity contribution in [2.24, 2.45) is 5.41 Å². The summed E-state index contributed by atoms with van der Waals surface area (Å²) in [5, 5.41) is 4.40.